The third-order valence-electron chi connectivity index (χ3n) is 16.1. The van der Waals surface area contributed by atoms with Crippen molar-refractivity contribution in [1.29, 1.82) is 0 Å². The number of aliphatic hydroxyl groups is 2. The van der Waals surface area contributed by atoms with E-state index in [2.05, 4.69) is 43.6 Å². The fraction of sp³-hybridized carbons (Fsp3) is 0.786. The summed E-state index contributed by atoms with van der Waals surface area (Å²) in [4.78, 5) is 41.8. The summed E-state index contributed by atoms with van der Waals surface area (Å²) in [5.41, 5.74) is -4.30. The van der Waals surface area contributed by atoms with Gasteiger partial charge in [0.1, 0.15) is 30.2 Å². The molecule has 54 heavy (non-hydrogen) atoms. The maximum absolute atomic E-state index is 15.0. The lowest BCUT2D eigenvalue weighted by molar-refractivity contribution is -0.252. The van der Waals surface area contributed by atoms with E-state index in [0.717, 1.165) is 38.0 Å². The molecule has 296 valence electrons. The zero-order valence-corrected chi connectivity index (χ0v) is 32.3. The van der Waals surface area contributed by atoms with Crippen LogP contribution in [-0.2, 0) is 39.8 Å². The Morgan fingerprint density at radius 2 is 1.85 bits per heavy atom. The number of hydrogen-bond acceptors (Lipinski definition) is 12. The van der Waals surface area contributed by atoms with E-state index in [9.17, 15) is 24.6 Å². The molecular weight excluding hydrogens is 692 g/mol. The first-order valence-corrected chi connectivity index (χ1v) is 20.5. The largest absolute Gasteiger partial charge is 0.469 e. The van der Waals surface area contributed by atoms with E-state index in [1.165, 1.54) is 0 Å². The summed E-state index contributed by atoms with van der Waals surface area (Å²) in [6.07, 6.45) is 7.56. The topological polar surface area (TPSA) is 169 Å². The Morgan fingerprint density at radius 1 is 1.04 bits per heavy atom. The Kier molecular flexibility index (Phi) is 8.70. The summed E-state index contributed by atoms with van der Waals surface area (Å²) in [5, 5.41) is 30.1. The summed E-state index contributed by atoms with van der Waals surface area (Å²) in [7, 11) is 0. The number of allylic oxidation sites excluding steroid dienone is 1. The first-order chi connectivity index (χ1) is 25.7. The van der Waals surface area contributed by atoms with Crippen molar-refractivity contribution in [3.63, 3.8) is 0 Å². The quantitative estimate of drug-likeness (QED) is 0.164. The van der Waals surface area contributed by atoms with E-state index in [1.54, 1.807) is 6.26 Å². The smallest absolute Gasteiger partial charge is 0.339 e. The molecule has 3 aliphatic carbocycles. The molecule has 6 heterocycles. The number of cyclic esters (lactones) is 2. The highest BCUT2D eigenvalue weighted by Crippen LogP contribution is 2.80. The number of hydrogen-bond donors (Lipinski definition) is 4. The molecule has 2 spiro atoms. The van der Waals surface area contributed by atoms with Crippen LogP contribution in [0.4, 0.5) is 0 Å². The number of nitrogens with one attached hydrogen (secondary N) is 2. The number of aliphatic hydroxyl groups excluding tert-OH is 2. The predicted molar refractivity (Wildman–Crippen MR) is 193 cm³/mol. The van der Waals surface area contributed by atoms with E-state index in [0.29, 0.717) is 49.3 Å². The second kappa shape index (κ2) is 12.7. The third kappa shape index (κ3) is 4.85. The number of rotatable bonds is 9. The number of epoxide rings is 1. The molecule has 0 aromatic carbocycles. The van der Waals surface area contributed by atoms with Crippen molar-refractivity contribution in [1.82, 2.24) is 10.6 Å². The molecule has 0 radical (unpaired) electrons. The van der Waals surface area contributed by atoms with Gasteiger partial charge in [0.05, 0.1) is 30.3 Å². The van der Waals surface area contributed by atoms with Gasteiger partial charge in [-0.05, 0) is 81.1 Å². The van der Waals surface area contributed by atoms with Crippen molar-refractivity contribution < 1.29 is 48.0 Å². The van der Waals surface area contributed by atoms with E-state index < -0.39 is 63.8 Å². The van der Waals surface area contributed by atoms with Gasteiger partial charge in [-0.2, -0.15) is 0 Å². The van der Waals surface area contributed by atoms with Gasteiger partial charge in [0.25, 0.3) is 0 Å². The van der Waals surface area contributed by atoms with Gasteiger partial charge < -0.3 is 38.9 Å². The Morgan fingerprint density at radius 3 is 2.56 bits per heavy atom. The van der Waals surface area contributed by atoms with Crippen molar-refractivity contribution in [2.45, 2.75) is 128 Å². The van der Waals surface area contributed by atoms with Gasteiger partial charge in [-0.25, -0.2) is 4.79 Å². The molecule has 12 nitrogen and oxygen atoms in total. The number of ketones is 1. The summed E-state index contributed by atoms with van der Waals surface area (Å²) >= 11 is 0. The number of furan rings is 1. The Bertz CT molecular complexity index is 1720. The van der Waals surface area contributed by atoms with Gasteiger partial charge in [0.2, 0.25) is 0 Å². The number of Topliss-reactive ketones (excluding diaryl/α,β-unsaturated/α-hetero) is 1. The minimum absolute atomic E-state index is 0.0128. The molecule has 5 aliphatic heterocycles. The molecule has 8 aliphatic rings. The van der Waals surface area contributed by atoms with Crippen LogP contribution in [0.15, 0.2) is 28.9 Å². The van der Waals surface area contributed by atoms with E-state index in [1.807, 2.05) is 19.9 Å². The highest BCUT2D eigenvalue weighted by molar-refractivity contribution is 5.92. The average molecular weight is 751 g/mol. The zero-order chi connectivity index (χ0) is 38.0. The van der Waals surface area contributed by atoms with Crippen LogP contribution < -0.4 is 10.6 Å². The van der Waals surface area contributed by atoms with E-state index in [-0.39, 0.29) is 49.1 Å². The second-order valence-corrected chi connectivity index (χ2v) is 19.1. The molecule has 2 saturated carbocycles. The average Bonchev–Trinajstić information content (AvgIpc) is 3.41. The van der Waals surface area contributed by atoms with Crippen LogP contribution in [0, 0.1) is 51.8 Å². The Labute approximate surface area is 317 Å². The lowest BCUT2D eigenvalue weighted by Gasteiger charge is -2.66. The van der Waals surface area contributed by atoms with Crippen LogP contribution in [-0.4, -0.2) is 89.9 Å². The third-order valence-corrected chi connectivity index (χ3v) is 16.1. The van der Waals surface area contributed by atoms with Crippen molar-refractivity contribution >= 4 is 17.7 Å². The maximum Gasteiger partial charge on any atom is 0.339 e. The summed E-state index contributed by atoms with van der Waals surface area (Å²) in [6.45, 7) is 12.0. The lowest BCUT2D eigenvalue weighted by Crippen LogP contribution is -2.76. The van der Waals surface area contributed by atoms with Crippen molar-refractivity contribution in [3.8, 4) is 0 Å². The van der Waals surface area contributed by atoms with Gasteiger partial charge in [-0.15, -0.1) is 0 Å². The number of ether oxygens (including phenoxy) is 4. The van der Waals surface area contributed by atoms with E-state index in [4.69, 9.17) is 23.4 Å². The minimum Gasteiger partial charge on any atom is -0.469 e. The molecule has 4 N–H and O–H groups in total. The van der Waals surface area contributed by atoms with Crippen LogP contribution in [0.25, 0.3) is 0 Å². The number of esters is 2. The summed E-state index contributed by atoms with van der Waals surface area (Å²) < 4.78 is 31.9. The molecule has 1 aromatic rings. The van der Waals surface area contributed by atoms with Gasteiger partial charge in [-0.3, -0.25) is 14.9 Å². The zero-order valence-electron chi connectivity index (χ0n) is 32.3. The summed E-state index contributed by atoms with van der Waals surface area (Å²) in [5.74, 6) is -0.628. The van der Waals surface area contributed by atoms with Crippen molar-refractivity contribution in [2.24, 2.45) is 51.8 Å². The maximum atomic E-state index is 15.0. The fourth-order valence-corrected chi connectivity index (χ4v) is 13.4. The molecular formula is C42H58N2O10. The normalized spacial score (nSPS) is 48.3. The monoisotopic (exact) mass is 750 g/mol. The molecule has 0 amide bonds. The fourth-order valence-electron chi connectivity index (χ4n) is 13.4. The van der Waals surface area contributed by atoms with Crippen molar-refractivity contribution in [2.75, 3.05) is 26.4 Å². The molecule has 0 unspecified atom stereocenters. The first kappa shape index (κ1) is 37.0. The van der Waals surface area contributed by atoms with Crippen LogP contribution in [0.5, 0.6) is 0 Å². The molecule has 15 atom stereocenters. The van der Waals surface area contributed by atoms with Gasteiger partial charge >= 0.3 is 11.9 Å². The molecule has 7 fully saturated rings. The predicted octanol–water partition coefficient (Wildman–Crippen LogP) is 3.78. The van der Waals surface area contributed by atoms with Crippen molar-refractivity contribution in [3.05, 3.63) is 35.8 Å². The van der Waals surface area contributed by atoms with Gasteiger partial charge in [0, 0.05) is 54.1 Å². The molecule has 1 aromatic heterocycles. The summed E-state index contributed by atoms with van der Waals surface area (Å²) in [6, 6.07) is 2.28. The standard InChI is InChI=1S/C42H58N2O10/c1-22(2)10-14-39(4)33-32(47)34(48)40(5)29(41(33)20-51-31(46)17-30(41)53-39)11-13-38(3)35(52-37(49)36-42(38,40)54-36)26-12-15-50-28(26)16-25(19-45)23-6-8-24(9-7-23)27-18-43-21-44-27/h6,8,12,15,22-25,27,29-30,33-36,43-45,48H,7,9-11,13-14,16-21H2,1-5H3/t23-,24-,25+,27+,29-,30-,33+,34+,35-,36+,38-,39-,40-,41-,42+/m0/s1. The first-order valence-electron chi connectivity index (χ1n) is 20.5. The highest BCUT2D eigenvalue weighted by atomic mass is 16.7. The van der Waals surface area contributed by atoms with Crippen LogP contribution >= 0.6 is 0 Å². The number of fused-ring (bicyclic) bond motifs is 1. The van der Waals surface area contributed by atoms with E-state index >= 15 is 0 Å². The second-order valence-electron chi connectivity index (χ2n) is 19.1. The Hall–Kier alpha value is -2.61. The molecule has 9 rings (SSSR count). The molecule has 12 heteroatoms. The lowest BCUT2D eigenvalue weighted by atomic mass is 9.36. The van der Waals surface area contributed by atoms with Gasteiger partial charge in [0.15, 0.2) is 11.9 Å². The van der Waals surface area contributed by atoms with Crippen LogP contribution in [0.3, 0.4) is 0 Å². The van der Waals surface area contributed by atoms with Gasteiger partial charge in [-0.1, -0.05) is 39.8 Å². The molecule has 0 bridgehead atoms. The number of carbonyl (C=O) groups excluding carboxylic acids is 3. The van der Waals surface area contributed by atoms with Crippen LogP contribution in [0.2, 0.25) is 0 Å². The minimum atomic E-state index is -1.44. The molecule has 5 saturated heterocycles. The number of carbonyl (C=O) groups is 3. The van der Waals surface area contributed by atoms with Crippen LogP contribution in [0.1, 0.15) is 97.0 Å². The Balaban J connectivity index is 1.05. The SMILES string of the molecule is CC(C)CC[C@]1(C)O[C@H]2CC(=O)OC[C@]23[C@H]2CC[C@@]4(C)[C@H](c5ccoc5C[C@H](CO)[C@H]5C=C[C@H]([C@H]6CNCN6)CC5)OC(=O)[C@H]5O[C@]54[C@]2(C)[C@H](O)C(=O)[C@@H]31. The highest BCUT2D eigenvalue weighted by Gasteiger charge is 2.91.